The van der Waals surface area contributed by atoms with Crippen LogP contribution in [0.25, 0.3) is 0 Å². The zero-order chi connectivity index (χ0) is 20.9. The van der Waals surface area contributed by atoms with Gasteiger partial charge in [0.25, 0.3) is 0 Å². The van der Waals surface area contributed by atoms with Gasteiger partial charge in [0.05, 0.1) is 12.0 Å². The fourth-order valence-electron chi connectivity index (χ4n) is 3.18. The van der Waals surface area contributed by atoms with Gasteiger partial charge in [-0.3, -0.25) is 4.79 Å². The standard InChI is InChI=1S/C21H30N2O4S/c1-6-8-14-23-16(4)15(3)20(21(23)22-19(24)9-7-2)28(25,26)18-12-10-17(27-5)11-13-18/h10-13H,6-9,14H2,1-5H3,(H,22,24). The van der Waals surface area contributed by atoms with E-state index in [1.54, 1.807) is 19.1 Å². The molecule has 28 heavy (non-hydrogen) atoms. The van der Waals surface area contributed by atoms with E-state index in [0.29, 0.717) is 36.5 Å². The number of hydrogen-bond acceptors (Lipinski definition) is 4. The molecule has 0 saturated heterocycles. The first kappa shape index (κ1) is 22.0. The Morgan fingerprint density at radius 3 is 2.29 bits per heavy atom. The molecule has 0 spiro atoms. The zero-order valence-electron chi connectivity index (χ0n) is 17.3. The number of hydrogen-bond donors (Lipinski definition) is 1. The van der Waals surface area contributed by atoms with Gasteiger partial charge in [0.15, 0.2) is 0 Å². The number of aromatic nitrogens is 1. The molecule has 0 unspecified atom stereocenters. The monoisotopic (exact) mass is 406 g/mol. The van der Waals surface area contributed by atoms with Crippen LogP contribution in [0.15, 0.2) is 34.1 Å². The van der Waals surface area contributed by atoms with E-state index >= 15 is 0 Å². The SMILES string of the molecule is CCCCn1c(C)c(C)c(S(=O)(=O)c2ccc(OC)cc2)c1NC(=O)CCC. The maximum atomic E-state index is 13.4. The molecule has 0 bridgehead atoms. The molecule has 0 atom stereocenters. The average Bonchev–Trinajstić information content (AvgIpc) is 2.90. The highest BCUT2D eigenvalue weighted by molar-refractivity contribution is 7.91. The van der Waals surface area contributed by atoms with Crippen molar-refractivity contribution in [1.82, 2.24) is 4.57 Å². The summed E-state index contributed by atoms with van der Waals surface area (Å²) in [6, 6.07) is 6.31. The first-order valence-corrected chi connectivity index (χ1v) is 11.1. The van der Waals surface area contributed by atoms with Gasteiger partial charge >= 0.3 is 0 Å². The van der Waals surface area contributed by atoms with Gasteiger partial charge in [0.2, 0.25) is 15.7 Å². The number of methoxy groups -OCH3 is 1. The van der Waals surface area contributed by atoms with Crippen LogP contribution >= 0.6 is 0 Å². The first-order valence-electron chi connectivity index (χ1n) is 9.66. The van der Waals surface area contributed by atoms with Gasteiger partial charge in [0.1, 0.15) is 16.5 Å². The van der Waals surface area contributed by atoms with E-state index < -0.39 is 9.84 Å². The molecule has 1 aromatic carbocycles. The molecule has 2 rings (SSSR count). The average molecular weight is 407 g/mol. The molecule has 154 valence electrons. The minimum atomic E-state index is -3.80. The molecular formula is C21H30N2O4S. The van der Waals surface area contributed by atoms with Crippen LogP contribution in [0.4, 0.5) is 5.82 Å². The fraction of sp³-hybridized carbons (Fsp3) is 0.476. The van der Waals surface area contributed by atoms with Crippen molar-refractivity contribution >= 4 is 21.6 Å². The molecule has 0 aliphatic heterocycles. The van der Waals surface area contributed by atoms with Gasteiger partial charge in [-0.1, -0.05) is 20.3 Å². The second kappa shape index (κ2) is 9.28. The number of ether oxygens (including phenoxy) is 1. The summed E-state index contributed by atoms with van der Waals surface area (Å²) in [5.74, 6) is 0.783. The molecule has 7 heteroatoms. The highest BCUT2D eigenvalue weighted by Gasteiger charge is 2.30. The van der Waals surface area contributed by atoms with Crippen molar-refractivity contribution in [2.75, 3.05) is 12.4 Å². The molecule has 6 nitrogen and oxygen atoms in total. The van der Waals surface area contributed by atoms with Crippen molar-refractivity contribution < 1.29 is 17.9 Å². The zero-order valence-corrected chi connectivity index (χ0v) is 18.1. The lowest BCUT2D eigenvalue weighted by atomic mass is 10.3. The molecule has 1 amide bonds. The van der Waals surface area contributed by atoms with Crippen LogP contribution in [0.3, 0.4) is 0 Å². The third-order valence-corrected chi connectivity index (χ3v) is 6.81. The van der Waals surface area contributed by atoms with E-state index in [4.69, 9.17) is 4.74 Å². The fourth-order valence-corrected chi connectivity index (χ4v) is 4.87. The summed E-state index contributed by atoms with van der Waals surface area (Å²) in [6.45, 7) is 8.34. The minimum Gasteiger partial charge on any atom is -0.497 e. The number of anilines is 1. The number of nitrogens with one attached hydrogen (secondary N) is 1. The van der Waals surface area contributed by atoms with Crippen molar-refractivity contribution in [3.8, 4) is 5.75 Å². The Balaban J connectivity index is 2.64. The van der Waals surface area contributed by atoms with Gasteiger partial charge in [0, 0.05) is 18.7 Å². The Morgan fingerprint density at radius 2 is 1.75 bits per heavy atom. The maximum absolute atomic E-state index is 13.4. The lowest BCUT2D eigenvalue weighted by molar-refractivity contribution is -0.116. The summed E-state index contributed by atoms with van der Waals surface area (Å²) < 4.78 is 33.9. The number of carbonyl (C=O) groups is 1. The number of unbranched alkanes of at least 4 members (excludes halogenated alkanes) is 1. The Bertz CT molecular complexity index is 928. The minimum absolute atomic E-state index is 0.176. The number of nitrogens with zero attached hydrogens (tertiary/aromatic N) is 1. The largest absolute Gasteiger partial charge is 0.497 e. The molecule has 1 N–H and O–H groups in total. The Labute approximate surface area is 167 Å². The molecule has 0 fully saturated rings. The van der Waals surface area contributed by atoms with Crippen LogP contribution in [-0.2, 0) is 21.2 Å². The Kier molecular flexibility index (Phi) is 7.29. The van der Waals surface area contributed by atoms with Crippen molar-refractivity contribution in [2.45, 2.75) is 69.7 Å². The first-order chi connectivity index (χ1) is 13.3. The number of amides is 1. The summed E-state index contributed by atoms with van der Waals surface area (Å²) in [5.41, 5.74) is 1.52. The molecule has 1 heterocycles. The highest BCUT2D eigenvalue weighted by Crippen LogP contribution is 2.36. The van der Waals surface area contributed by atoms with Crippen LogP contribution in [0.1, 0.15) is 50.8 Å². The predicted molar refractivity (Wildman–Crippen MR) is 111 cm³/mol. The van der Waals surface area contributed by atoms with Crippen LogP contribution in [-0.4, -0.2) is 26.0 Å². The lowest BCUT2D eigenvalue weighted by Gasteiger charge is -2.14. The summed E-state index contributed by atoms with van der Waals surface area (Å²) in [5, 5.41) is 2.87. The molecular weight excluding hydrogens is 376 g/mol. The normalized spacial score (nSPS) is 11.5. The molecule has 2 aromatic rings. The van der Waals surface area contributed by atoms with Gasteiger partial charge in [-0.25, -0.2) is 8.42 Å². The maximum Gasteiger partial charge on any atom is 0.225 e. The molecule has 1 aromatic heterocycles. The lowest BCUT2D eigenvalue weighted by Crippen LogP contribution is -2.17. The van der Waals surface area contributed by atoms with Gasteiger partial charge in [-0.05, 0) is 56.5 Å². The van der Waals surface area contributed by atoms with E-state index in [0.717, 1.165) is 18.5 Å². The second-order valence-electron chi connectivity index (χ2n) is 6.87. The predicted octanol–water partition coefficient (Wildman–Crippen LogP) is 4.49. The second-order valence-corrected chi connectivity index (χ2v) is 8.76. The van der Waals surface area contributed by atoms with E-state index in [2.05, 4.69) is 12.2 Å². The number of benzene rings is 1. The van der Waals surface area contributed by atoms with Crippen LogP contribution in [0, 0.1) is 13.8 Å². The van der Waals surface area contributed by atoms with Crippen LogP contribution in [0.2, 0.25) is 0 Å². The van der Waals surface area contributed by atoms with E-state index in [9.17, 15) is 13.2 Å². The molecule has 0 saturated carbocycles. The summed E-state index contributed by atoms with van der Waals surface area (Å²) in [7, 11) is -2.27. The number of carbonyl (C=O) groups excluding carboxylic acids is 1. The number of sulfone groups is 1. The summed E-state index contributed by atoms with van der Waals surface area (Å²) in [4.78, 5) is 12.7. The van der Waals surface area contributed by atoms with Gasteiger partial charge < -0.3 is 14.6 Å². The smallest absolute Gasteiger partial charge is 0.225 e. The van der Waals surface area contributed by atoms with Gasteiger partial charge in [-0.15, -0.1) is 0 Å². The topological polar surface area (TPSA) is 77.4 Å². The number of rotatable bonds is 9. The van der Waals surface area contributed by atoms with E-state index in [1.165, 1.54) is 19.2 Å². The molecule has 0 aliphatic rings. The van der Waals surface area contributed by atoms with Crippen LogP contribution < -0.4 is 10.1 Å². The van der Waals surface area contributed by atoms with Crippen molar-refractivity contribution in [3.05, 3.63) is 35.5 Å². The van der Waals surface area contributed by atoms with Crippen molar-refractivity contribution in [2.24, 2.45) is 0 Å². The highest BCUT2D eigenvalue weighted by atomic mass is 32.2. The van der Waals surface area contributed by atoms with E-state index in [-0.39, 0.29) is 15.7 Å². The summed E-state index contributed by atoms with van der Waals surface area (Å²) in [6.07, 6.45) is 2.91. The van der Waals surface area contributed by atoms with E-state index in [1.807, 2.05) is 18.4 Å². The third-order valence-electron chi connectivity index (χ3n) is 4.88. The van der Waals surface area contributed by atoms with Crippen LogP contribution in [0.5, 0.6) is 5.75 Å². The molecule has 0 aliphatic carbocycles. The van der Waals surface area contributed by atoms with Gasteiger partial charge in [-0.2, -0.15) is 0 Å². The third kappa shape index (κ3) is 4.41. The summed E-state index contributed by atoms with van der Waals surface area (Å²) >= 11 is 0. The Morgan fingerprint density at radius 1 is 1.11 bits per heavy atom. The Hall–Kier alpha value is -2.28. The quantitative estimate of drug-likeness (QED) is 0.666. The van der Waals surface area contributed by atoms with Crippen molar-refractivity contribution in [1.29, 1.82) is 0 Å². The van der Waals surface area contributed by atoms with Crippen molar-refractivity contribution in [3.63, 3.8) is 0 Å². The molecule has 0 radical (unpaired) electrons.